The minimum atomic E-state index is -0.492. The van der Waals surface area contributed by atoms with Crippen LogP contribution in [0.2, 0.25) is 0 Å². The van der Waals surface area contributed by atoms with Gasteiger partial charge in [0.15, 0.2) is 5.82 Å². The van der Waals surface area contributed by atoms with Gasteiger partial charge in [-0.15, -0.1) is 0 Å². The predicted molar refractivity (Wildman–Crippen MR) is 105 cm³/mol. The van der Waals surface area contributed by atoms with E-state index in [-0.39, 0.29) is 11.7 Å². The number of hydrogen-bond acceptors (Lipinski definition) is 7. The van der Waals surface area contributed by atoms with Crippen LogP contribution in [0.4, 0.5) is 17.3 Å². The maximum absolute atomic E-state index is 11.7. The Morgan fingerprint density at radius 2 is 1.78 bits per heavy atom. The molecule has 0 radical (unpaired) electrons. The van der Waals surface area contributed by atoms with Crippen molar-refractivity contribution < 1.29 is 9.53 Å². The number of hydrogen-bond donors (Lipinski definition) is 2. The van der Waals surface area contributed by atoms with Crippen LogP contribution in [0.3, 0.4) is 0 Å². The molecule has 0 bridgehead atoms. The second-order valence-corrected chi connectivity index (χ2v) is 6.17. The zero-order chi connectivity index (χ0) is 19.2. The summed E-state index contributed by atoms with van der Waals surface area (Å²) < 4.78 is 4.72. The molecule has 7 nitrogen and oxygen atoms in total. The Morgan fingerprint density at radius 1 is 1.04 bits per heavy atom. The van der Waals surface area contributed by atoms with Gasteiger partial charge in [0.25, 0.3) is 0 Å². The summed E-state index contributed by atoms with van der Waals surface area (Å²) in [6, 6.07) is 15.2. The maximum Gasteiger partial charge on any atom is 0.356 e. The number of methoxy groups -OCH3 is 1. The number of aromatic nitrogens is 3. The number of carbonyl (C=O) groups is 1. The van der Waals surface area contributed by atoms with Crippen molar-refractivity contribution in [2.24, 2.45) is 0 Å². The van der Waals surface area contributed by atoms with Gasteiger partial charge in [0, 0.05) is 29.6 Å². The molecular formula is C20H21N5O2. The predicted octanol–water partition coefficient (Wildman–Crippen LogP) is 3.89. The van der Waals surface area contributed by atoms with Gasteiger partial charge in [0.1, 0.15) is 17.3 Å². The van der Waals surface area contributed by atoms with Crippen LogP contribution < -0.4 is 10.6 Å². The molecule has 3 aromatic rings. The summed E-state index contributed by atoms with van der Waals surface area (Å²) in [6.07, 6.45) is 1.54. The van der Waals surface area contributed by atoms with E-state index in [1.54, 1.807) is 18.3 Å². The molecule has 0 unspecified atom stereocenters. The van der Waals surface area contributed by atoms with E-state index in [1.807, 2.05) is 50.2 Å². The Balaban J connectivity index is 1.96. The van der Waals surface area contributed by atoms with Crippen LogP contribution in [-0.2, 0) is 4.74 Å². The maximum atomic E-state index is 11.7. The number of benzene rings is 1. The van der Waals surface area contributed by atoms with E-state index in [2.05, 4.69) is 25.6 Å². The van der Waals surface area contributed by atoms with Crippen LogP contribution in [0.15, 0.2) is 54.7 Å². The molecule has 138 valence electrons. The highest BCUT2D eigenvalue weighted by molar-refractivity contribution is 5.88. The number of esters is 1. The first kappa shape index (κ1) is 18.3. The van der Waals surface area contributed by atoms with E-state index < -0.39 is 5.97 Å². The highest BCUT2D eigenvalue weighted by Crippen LogP contribution is 2.23. The minimum Gasteiger partial charge on any atom is -0.464 e. The summed E-state index contributed by atoms with van der Waals surface area (Å²) in [5.41, 5.74) is 1.82. The normalized spacial score (nSPS) is 10.5. The van der Waals surface area contributed by atoms with Gasteiger partial charge in [0.05, 0.1) is 7.11 Å². The van der Waals surface area contributed by atoms with Crippen molar-refractivity contribution in [3.63, 3.8) is 0 Å². The number of carbonyl (C=O) groups excluding carboxylic acids is 1. The smallest absolute Gasteiger partial charge is 0.356 e. The van der Waals surface area contributed by atoms with Crippen LogP contribution in [0.5, 0.6) is 0 Å². The standard InChI is InChI=1S/C20H21N5O2/c1-13(2)22-17-12-18(25-19(24-17)14-7-5-4-6-8-14)23-15-9-10-21-16(11-15)20(26)27-3/h4-13H,1-3H3,(H2,21,22,23,24,25). The molecule has 0 aliphatic carbocycles. The molecule has 0 saturated heterocycles. The lowest BCUT2D eigenvalue weighted by Gasteiger charge is -2.13. The molecule has 0 aliphatic rings. The van der Waals surface area contributed by atoms with Gasteiger partial charge in [-0.1, -0.05) is 30.3 Å². The lowest BCUT2D eigenvalue weighted by atomic mass is 10.2. The summed E-state index contributed by atoms with van der Waals surface area (Å²) >= 11 is 0. The average Bonchev–Trinajstić information content (AvgIpc) is 2.67. The van der Waals surface area contributed by atoms with Crippen molar-refractivity contribution in [2.45, 2.75) is 19.9 Å². The number of rotatable bonds is 6. The molecule has 0 amide bonds. The van der Waals surface area contributed by atoms with Crippen molar-refractivity contribution >= 4 is 23.3 Å². The Kier molecular flexibility index (Phi) is 5.61. The molecule has 2 heterocycles. The van der Waals surface area contributed by atoms with Crippen LogP contribution in [0, 0.1) is 0 Å². The van der Waals surface area contributed by atoms with E-state index in [1.165, 1.54) is 7.11 Å². The van der Waals surface area contributed by atoms with Crippen molar-refractivity contribution in [2.75, 3.05) is 17.7 Å². The monoisotopic (exact) mass is 363 g/mol. The summed E-state index contributed by atoms with van der Waals surface area (Å²) in [6.45, 7) is 4.09. The molecule has 3 rings (SSSR count). The Morgan fingerprint density at radius 3 is 2.48 bits per heavy atom. The molecule has 2 aromatic heterocycles. The summed E-state index contributed by atoms with van der Waals surface area (Å²) in [5.74, 6) is 1.43. The van der Waals surface area contributed by atoms with Gasteiger partial charge in [-0.2, -0.15) is 0 Å². The number of nitrogens with zero attached hydrogens (tertiary/aromatic N) is 3. The second kappa shape index (κ2) is 8.27. The summed E-state index contributed by atoms with van der Waals surface area (Å²) in [7, 11) is 1.32. The number of pyridine rings is 1. The molecule has 0 fully saturated rings. The fourth-order valence-corrected chi connectivity index (χ4v) is 2.47. The summed E-state index contributed by atoms with van der Waals surface area (Å²) in [4.78, 5) is 24.9. The van der Waals surface area contributed by atoms with Crippen LogP contribution in [0.1, 0.15) is 24.3 Å². The molecular weight excluding hydrogens is 342 g/mol. The first-order chi connectivity index (χ1) is 13.0. The topological polar surface area (TPSA) is 89.0 Å². The number of anilines is 3. The fourth-order valence-electron chi connectivity index (χ4n) is 2.47. The van der Waals surface area contributed by atoms with Crippen LogP contribution >= 0.6 is 0 Å². The second-order valence-electron chi connectivity index (χ2n) is 6.17. The lowest BCUT2D eigenvalue weighted by molar-refractivity contribution is 0.0594. The van der Waals surface area contributed by atoms with E-state index >= 15 is 0 Å². The fraction of sp³-hybridized carbons (Fsp3) is 0.200. The van der Waals surface area contributed by atoms with Crippen molar-refractivity contribution in [3.05, 3.63) is 60.4 Å². The number of nitrogens with one attached hydrogen (secondary N) is 2. The third-order valence-corrected chi connectivity index (χ3v) is 3.62. The molecule has 0 spiro atoms. The molecule has 7 heteroatoms. The lowest BCUT2D eigenvalue weighted by Crippen LogP contribution is -2.12. The molecule has 27 heavy (non-hydrogen) atoms. The molecule has 1 aromatic carbocycles. The SMILES string of the molecule is COC(=O)c1cc(Nc2cc(NC(C)C)nc(-c3ccccc3)n2)ccn1. The largest absolute Gasteiger partial charge is 0.464 e. The molecule has 0 aliphatic heterocycles. The third-order valence-electron chi connectivity index (χ3n) is 3.62. The highest BCUT2D eigenvalue weighted by atomic mass is 16.5. The van der Waals surface area contributed by atoms with Crippen molar-refractivity contribution in [1.29, 1.82) is 0 Å². The minimum absolute atomic E-state index is 0.223. The average molecular weight is 363 g/mol. The zero-order valence-corrected chi connectivity index (χ0v) is 15.4. The van der Waals surface area contributed by atoms with E-state index in [9.17, 15) is 4.79 Å². The first-order valence-electron chi connectivity index (χ1n) is 8.57. The quantitative estimate of drug-likeness (QED) is 0.642. The molecule has 0 atom stereocenters. The van der Waals surface area contributed by atoms with Gasteiger partial charge in [0.2, 0.25) is 0 Å². The Hall–Kier alpha value is -3.48. The van der Waals surface area contributed by atoms with Gasteiger partial charge >= 0.3 is 5.97 Å². The van der Waals surface area contributed by atoms with Crippen molar-refractivity contribution in [1.82, 2.24) is 15.0 Å². The molecule has 2 N–H and O–H groups in total. The molecule has 0 saturated carbocycles. The number of ether oxygens (including phenoxy) is 1. The van der Waals surface area contributed by atoms with E-state index in [0.29, 0.717) is 23.1 Å². The highest BCUT2D eigenvalue weighted by Gasteiger charge is 2.11. The summed E-state index contributed by atoms with van der Waals surface area (Å²) in [5, 5.41) is 6.51. The van der Waals surface area contributed by atoms with E-state index in [0.717, 1.165) is 5.56 Å². The zero-order valence-electron chi connectivity index (χ0n) is 15.4. The third kappa shape index (κ3) is 4.78. The van der Waals surface area contributed by atoms with Crippen LogP contribution in [-0.4, -0.2) is 34.1 Å². The van der Waals surface area contributed by atoms with Gasteiger partial charge in [-0.05, 0) is 26.0 Å². The van der Waals surface area contributed by atoms with Crippen LogP contribution in [0.25, 0.3) is 11.4 Å². The van der Waals surface area contributed by atoms with Gasteiger partial charge in [-0.25, -0.2) is 19.7 Å². The first-order valence-corrected chi connectivity index (χ1v) is 8.57. The van der Waals surface area contributed by atoms with Crippen molar-refractivity contribution in [3.8, 4) is 11.4 Å². The van der Waals surface area contributed by atoms with E-state index in [4.69, 9.17) is 4.74 Å². The van der Waals surface area contributed by atoms with Gasteiger partial charge in [-0.3, -0.25) is 0 Å². The Bertz CT molecular complexity index is 929. The van der Waals surface area contributed by atoms with Gasteiger partial charge < -0.3 is 15.4 Å². The Labute approximate surface area is 157 Å².